The average Bonchev–Trinajstić information content (AvgIpc) is 2.82. The van der Waals surface area contributed by atoms with Crippen molar-refractivity contribution in [2.24, 2.45) is 0 Å². The number of aromatic nitrogens is 1. The molecule has 164 valence electrons. The average molecular weight is 431 g/mol. The Balaban J connectivity index is 1.63. The summed E-state index contributed by atoms with van der Waals surface area (Å²) in [5.41, 5.74) is 3.20. The van der Waals surface area contributed by atoms with E-state index < -0.39 is 11.4 Å². The summed E-state index contributed by atoms with van der Waals surface area (Å²) < 4.78 is 13.8. The minimum absolute atomic E-state index is 0.125. The molecule has 2 heterocycles. The minimum Gasteiger partial charge on any atom is -0.493 e. The molecule has 0 spiro atoms. The molecule has 0 saturated heterocycles. The summed E-state index contributed by atoms with van der Waals surface area (Å²) in [6, 6.07) is 15.5. The van der Waals surface area contributed by atoms with Gasteiger partial charge in [0.25, 0.3) is 0 Å². The summed E-state index contributed by atoms with van der Waals surface area (Å²) in [5.74, 6) is 0.318. The van der Waals surface area contributed by atoms with Crippen molar-refractivity contribution in [3.8, 4) is 22.8 Å². The lowest BCUT2D eigenvalue weighted by Gasteiger charge is -2.40. The summed E-state index contributed by atoms with van der Waals surface area (Å²) >= 11 is 0. The van der Waals surface area contributed by atoms with Crippen molar-refractivity contribution in [1.82, 2.24) is 4.57 Å². The van der Waals surface area contributed by atoms with Crippen molar-refractivity contribution in [2.75, 3.05) is 7.11 Å². The second-order valence-electron chi connectivity index (χ2n) is 8.47. The highest BCUT2D eigenvalue weighted by Crippen LogP contribution is 2.51. The molecule has 1 saturated carbocycles. The Morgan fingerprint density at radius 3 is 2.62 bits per heavy atom. The number of benzene rings is 2. The molecule has 0 radical (unpaired) electrons. The highest BCUT2D eigenvalue weighted by atomic mass is 16.5. The molecule has 32 heavy (non-hydrogen) atoms. The molecule has 3 aromatic rings. The molecule has 1 fully saturated rings. The van der Waals surface area contributed by atoms with Crippen LogP contribution in [-0.4, -0.2) is 22.8 Å². The van der Waals surface area contributed by atoms with E-state index >= 15 is 0 Å². The molecule has 6 nitrogen and oxygen atoms in total. The van der Waals surface area contributed by atoms with E-state index in [2.05, 4.69) is 6.07 Å². The first-order valence-corrected chi connectivity index (χ1v) is 11.0. The zero-order chi connectivity index (χ0) is 22.2. The van der Waals surface area contributed by atoms with Crippen molar-refractivity contribution in [3.05, 3.63) is 81.6 Å². The fourth-order valence-corrected chi connectivity index (χ4v) is 5.12. The van der Waals surface area contributed by atoms with Crippen LogP contribution in [-0.2, 0) is 6.61 Å². The van der Waals surface area contributed by atoms with Crippen molar-refractivity contribution in [3.63, 3.8) is 0 Å². The van der Waals surface area contributed by atoms with Crippen molar-refractivity contribution in [2.45, 2.75) is 44.2 Å². The number of hydrogen-bond donors (Lipinski definition) is 1. The Hall–Kier alpha value is -3.54. The van der Waals surface area contributed by atoms with Crippen LogP contribution in [0.3, 0.4) is 0 Å². The van der Waals surface area contributed by atoms with E-state index in [1.807, 2.05) is 41.0 Å². The zero-order valence-corrected chi connectivity index (χ0v) is 17.9. The summed E-state index contributed by atoms with van der Waals surface area (Å²) in [6.45, 7) is 0.433. The van der Waals surface area contributed by atoms with Gasteiger partial charge in [-0.25, -0.2) is 4.79 Å². The Labute approximate surface area is 186 Å². The van der Waals surface area contributed by atoms with E-state index in [0.717, 1.165) is 48.1 Å². The SMILES string of the molecule is COc1cc2c(cc1OCc1ccccc1)[C@H]1CCCC[C@@H]1n1cc(C(=O)O)c(=O)cc1-2. The molecule has 0 amide bonds. The maximum absolute atomic E-state index is 12.5. The molecule has 2 aliphatic rings. The lowest BCUT2D eigenvalue weighted by molar-refractivity contribution is 0.0694. The molecule has 1 aliphatic carbocycles. The number of nitrogens with zero attached hydrogens (tertiary/aromatic N) is 1. The number of carbonyl (C=O) groups is 1. The Bertz CT molecular complexity index is 1230. The minimum atomic E-state index is -1.19. The van der Waals surface area contributed by atoms with Gasteiger partial charge in [0.2, 0.25) is 0 Å². The number of carboxylic acids is 1. The van der Waals surface area contributed by atoms with E-state index in [-0.39, 0.29) is 17.5 Å². The van der Waals surface area contributed by atoms with Crippen molar-refractivity contribution in [1.29, 1.82) is 0 Å². The van der Waals surface area contributed by atoms with Gasteiger partial charge < -0.3 is 19.1 Å². The second kappa shape index (κ2) is 8.19. The van der Waals surface area contributed by atoms with E-state index in [0.29, 0.717) is 18.1 Å². The largest absolute Gasteiger partial charge is 0.493 e. The number of rotatable bonds is 5. The van der Waals surface area contributed by atoms with Gasteiger partial charge in [0.1, 0.15) is 12.2 Å². The number of pyridine rings is 1. The lowest BCUT2D eigenvalue weighted by Crippen LogP contribution is -2.30. The van der Waals surface area contributed by atoms with Gasteiger partial charge >= 0.3 is 5.97 Å². The molecule has 2 aromatic carbocycles. The quantitative estimate of drug-likeness (QED) is 0.614. The Kier molecular flexibility index (Phi) is 5.21. The van der Waals surface area contributed by atoms with Crippen LogP contribution in [0.4, 0.5) is 0 Å². The van der Waals surface area contributed by atoms with Crippen LogP contribution in [0.2, 0.25) is 0 Å². The molecule has 5 rings (SSSR count). The van der Waals surface area contributed by atoms with Gasteiger partial charge in [-0.05, 0) is 36.1 Å². The van der Waals surface area contributed by atoms with Crippen LogP contribution in [0, 0.1) is 0 Å². The van der Waals surface area contributed by atoms with Gasteiger partial charge in [0, 0.05) is 29.8 Å². The monoisotopic (exact) mass is 431 g/mol. The van der Waals surface area contributed by atoms with Gasteiger partial charge in [-0.3, -0.25) is 4.79 Å². The lowest BCUT2D eigenvalue weighted by atomic mass is 9.75. The van der Waals surface area contributed by atoms with E-state index in [9.17, 15) is 14.7 Å². The summed E-state index contributed by atoms with van der Waals surface area (Å²) in [4.78, 5) is 24.1. The number of ether oxygens (including phenoxy) is 2. The van der Waals surface area contributed by atoms with Gasteiger partial charge in [-0.15, -0.1) is 0 Å². The number of fused-ring (bicyclic) bond motifs is 6. The third-order valence-electron chi connectivity index (χ3n) is 6.65. The van der Waals surface area contributed by atoms with Crippen molar-refractivity contribution < 1.29 is 19.4 Å². The number of methoxy groups -OCH3 is 1. The summed E-state index contributed by atoms with van der Waals surface area (Å²) in [5, 5.41) is 9.48. The molecule has 1 aliphatic heterocycles. The third-order valence-corrected chi connectivity index (χ3v) is 6.65. The summed E-state index contributed by atoms with van der Waals surface area (Å²) in [6.07, 6.45) is 5.69. The van der Waals surface area contributed by atoms with Crippen LogP contribution in [0.5, 0.6) is 11.5 Å². The van der Waals surface area contributed by atoms with E-state index in [4.69, 9.17) is 9.47 Å². The zero-order valence-electron chi connectivity index (χ0n) is 17.9. The normalized spacial score (nSPS) is 18.8. The molecular weight excluding hydrogens is 406 g/mol. The van der Waals surface area contributed by atoms with Crippen LogP contribution in [0.1, 0.15) is 59.1 Å². The third kappa shape index (κ3) is 3.45. The van der Waals surface area contributed by atoms with Gasteiger partial charge in [0.15, 0.2) is 16.9 Å². The topological polar surface area (TPSA) is 77.8 Å². The highest BCUT2D eigenvalue weighted by molar-refractivity contribution is 5.88. The predicted octanol–water partition coefficient (Wildman–Crippen LogP) is 5.01. The van der Waals surface area contributed by atoms with Gasteiger partial charge in [0.05, 0.1) is 12.8 Å². The maximum atomic E-state index is 12.5. The fourth-order valence-electron chi connectivity index (χ4n) is 5.12. The van der Waals surface area contributed by atoms with Crippen molar-refractivity contribution >= 4 is 5.97 Å². The molecule has 6 heteroatoms. The number of carboxylic acid groups (broad SMARTS) is 1. The van der Waals surface area contributed by atoms with E-state index in [1.54, 1.807) is 7.11 Å². The molecule has 0 bridgehead atoms. The number of hydrogen-bond acceptors (Lipinski definition) is 4. The Morgan fingerprint density at radius 1 is 1.09 bits per heavy atom. The number of aromatic carboxylic acids is 1. The Morgan fingerprint density at radius 2 is 1.88 bits per heavy atom. The fraction of sp³-hybridized carbons (Fsp3) is 0.308. The first-order valence-electron chi connectivity index (χ1n) is 11.0. The smallest absolute Gasteiger partial charge is 0.341 e. The van der Waals surface area contributed by atoms with Crippen LogP contribution in [0.25, 0.3) is 11.3 Å². The standard InChI is InChI=1S/C26H25NO5/c1-31-24-12-19-18(11-25(24)32-15-16-7-3-2-4-8-16)17-9-5-6-10-21(17)27-14-20(26(29)30)23(28)13-22(19)27/h2-4,7-8,11-14,17,21H,5-6,9-10,15H2,1H3,(H,29,30)/t17-,21+/m1/s1. The first kappa shape index (κ1) is 20.4. The highest BCUT2D eigenvalue weighted by Gasteiger charge is 2.36. The van der Waals surface area contributed by atoms with Crippen LogP contribution in [0.15, 0.2) is 59.5 Å². The first-order chi connectivity index (χ1) is 15.6. The molecule has 2 atom stereocenters. The second-order valence-corrected chi connectivity index (χ2v) is 8.47. The molecule has 1 aromatic heterocycles. The molecule has 1 N–H and O–H groups in total. The summed E-state index contributed by atoms with van der Waals surface area (Å²) in [7, 11) is 1.60. The van der Waals surface area contributed by atoms with Gasteiger partial charge in [-0.2, -0.15) is 0 Å². The van der Waals surface area contributed by atoms with E-state index in [1.165, 1.54) is 12.3 Å². The molecular formula is C26H25NO5. The van der Waals surface area contributed by atoms with Crippen LogP contribution >= 0.6 is 0 Å². The maximum Gasteiger partial charge on any atom is 0.341 e. The molecule has 0 unspecified atom stereocenters. The van der Waals surface area contributed by atoms with Gasteiger partial charge in [-0.1, -0.05) is 43.2 Å². The predicted molar refractivity (Wildman–Crippen MR) is 121 cm³/mol. The van der Waals surface area contributed by atoms with Crippen LogP contribution < -0.4 is 14.9 Å².